The minimum Gasteiger partial charge on any atom is -0.490 e. The third kappa shape index (κ3) is 5.38. The van der Waals surface area contributed by atoms with E-state index in [1.165, 1.54) is 11.8 Å². The number of carbonyl (C=O) groups excluding carboxylic acids is 1. The summed E-state index contributed by atoms with van der Waals surface area (Å²) in [5.74, 6) is 0.282. The maximum Gasteiger partial charge on any atom is 0.339 e. The van der Waals surface area contributed by atoms with E-state index < -0.39 is 5.97 Å². The van der Waals surface area contributed by atoms with Crippen molar-refractivity contribution >= 4 is 33.7 Å². The normalized spacial score (nSPS) is 10.1. The molecule has 4 nitrogen and oxygen atoms in total. The first-order chi connectivity index (χ1) is 13.7. The predicted octanol–water partition coefficient (Wildman–Crippen LogP) is 5.71. The van der Waals surface area contributed by atoms with Gasteiger partial charge in [-0.25, -0.2) is 4.79 Å². The van der Waals surface area contributed by atoms with Crippen LogP contribution in [-0.4, -0.2) is 19.2 Å². The number of halogens is 1. The van der Waals surface area contributed by atoms with Crippen molar-refractivity contribution in [3.05, 3.63) is 88.4 Å². The number of nitriles is 1. The number of ether oxygens (including phenoxy) is 2. The molecule has 0 N–H and O–H groups in total. The molecule has 0 bridgehead atoms. The van der Waals surface area contributed by atoms with Crippen molar-refractivity contribution in [2.75, 3.05) is 13.2 Å². The van der Waals surface area contributed by atoms with Gasteiger partial charge >= 0.3 is 5.97 Å². The molecule has 0 aliphatic carbocycles. The fraction of sp³-hybridized carbons (Fsp3) is 0.0909. The molecule has 0 amide bonds. The predicted molar refractivity (Wildman–Crippen MR) is 112 cm³/mol. The Labute approximate surface area is 176 Å². The highest BCUT2D eigenvalue weighted by molar-refractivity contribution is 9.10. The van der Waals surface area contributed by atoms with Gasteiger partial charge in [0.15, 0.2) is 0 Å². The molecule has 0 aliphatic heterocycles. The minimum absolute atomic E-state index is 0.138. The second-order valence-corrected chi connectivity index (χ2v) is 7.65. The zero-order valence-electron chi connectivity index (χ0n) is 14.8. The van der Waals surface area contributed by atoms with Crippen molar-refractivity contribution < 1.29 is 14.3 Å². The molecular formula is C22H16BrNO3S. The number of hydrogen-bond donors (Lipinski definition) is 0. The van der Waals surface area contributed by atoms with Crippen molar-refractivity contribution in [1.82, 2.24) is 0 Å². The summed E-state index contributed by atoms with van der Waals surface area (Å²) in [7, 11) is 0. The highest BCUT2D eigenvalue weighted by Crippen LogP contribution is 2.32. The van der Waals surface area contributed by atoms with E-state index in [0.29, 0.717) is 16.9 Å². The van der Waals surface area contributed by atoms with Crippen LogP contribution >= 0.6 is 27.7 Å². The van der Waals surface area contributed by atoms with Crippen LogP contribution in [0, 0.1) is 11.3 Å². The van der Waals surface area contributed by atoms with Crippen LogP contribution in [0.3, 0.4) is 0 Å². The highest BCUT2D eigenvalue weighted by atomic mass is 79.9. The Bertz CT molecular complexity index is 1020. The van der Waals surface area contributed by atoms with Crippen LogP contribution in [0.4, 0.5) is 0 Å². The quantitative estimate of drug-likeness (QED) is 0.338. The van der Waals surface area contributed by atoms with Crippen molar-refractivity contribution in [2.45, 2.75) is 9.79 Å². The zero-order chi connectivity index (χ0) is 19.8. The van der Waals surface area contributed by atoms with Gasteiger partial charge in [0.05, 0.1) is 11.1 Å². The lowest BCUT2D eigenvalue weighted by Crippen LogP contribution is -2.13. The van der Waals surface area contributed by atoms with Crippen molar-refractivity contribution in [3.63, 3.8) is 0 Å². The maximum atomic E-state index is 12.5. The Morgan fingerprint density at radius 3 is 2.50 bits per heavy atom. The molecule has 0 spiro atoms. The van der Waals surface area contributed by atoms with Gasteiger partial charge in [-0.1, -0.05) is 58.0 Å². The molecule has 140 valence electrons. The van der Waals surface area contributed by atoms with Crippen LogP contribution < -0.4 is 4.74 Å². The standard InChI is InChI=1S/C22H16BrNO3S/c23-17-7-5-8-18(14-17)26-12-13-27-22(25)19-9-2-4-11-21(19)28-20-10-3-1-6-16(20)15-24/h1-11,14H,12-13H2. The number of carbonyl (C=O) groups is 1. The molecule has 3 aromatic carbocycles. The average Bonchev–Trinajstić information content (AvgIpc) is 2.72. The summed E-state index contributed by atoms with van der Waals surface area (Å²) in [6.45, 7) is 0.397. The molecule has 0 heterocycles. The topological polar surface area (TPSA) is 59.3 Å². The molecule has 6 heteroatoms. The van der Waals surface area contributed by atoms with E-state index in [2.05, 4.69) is 22.0 Å². The summed E-state index contributed by atoms with van der Waals surface area (Å²) in [4.78, 5) is 14.0. The minimum atomic E-state index is -0.421. The Balaban J connectivity index is 1.62. The number of nitrogens with zero attached hydrogens (tertiary/aromatic N) is 1. The van der Waals surface area contributed by atoms with Gasteiger partial charge < -0.3 is 9.47 Å². The molecule has 0 radical (unpaired) electrons. The van der Waals surface area contributed by atoms with Gasteiger partial charge in [-0.2, -0.15) is 5.26 Å². The monoisotopic (exact) mass is 453 g/mol. The number of hydrogen-bond acceptors (Lipinski definition) is 5. The van der Waals surface area contributed by atoms with Crippen LogP contribution in [0.25, 0.3) is 0 Å². The van der Waals surface area contributed by atoms with Gasteiger partial charge in [0.1, 0.15) is 25.0 Å². The molecule has 0 unspecified atom stereocenters. The Morgan fingerprint density at radius 1 is 0.964 bits per heavy atom. The number of rotatable bonds is 7. The van der Waals surface area contributed by atoms with E-state index in [1.807, 2.05) is 54.6 Å². The lowest BCUT2D eigenvalue weighted by atomic mass is 10.2. The van der Waals surface area contributed by atoms with E-state index in [9.17, 15) is 10.1 Å². The first-order valence-corrected chi connectivity index (χ1v) is 10.1. The molecule has 0 aliphatic rings. The van der Waals surface area contributed by atoms with Crippen LogP contribution in [0.2, 0.25) is 0 Å². The van der Waals surface area contributed by atoms with Crippen molar-refractivity contribution in [2.24, 2.45) is 0 Å². The van der Waals surface area contributed by atoms with E-state index in [-0.39, 0.29) is 13.2 Å². The molecule has 0 aromatic heterocycles. The molecule has 28 heavy (non-hydrogen) atoms. The Morgan fingerprint density at radius 2 is 1.71 bits per heavy atom. The summed E-state index contributed by atoms with van der Waals surface area (Å²) in [6, 6.07) is 24.1. The van der Waals surface area contributed by atoms with Crippen molar-refractivity contribution in [3.8, 4) is 11.8 Å². The Hall–Kier alpha value is -2.75. The van der Waals surface area contributed by atoms with Gasteiger partial charge in [0.25, 0.3) is 0 Å². The Kier molecular flexibility index (Phi) is 7.12. The van der Waals surface area contributed by atoms with Crippen molar-refractivity contribution in [1.29, 1.82) is 5.26 Å². The van der Waals surface area contributed by atoms with Crippen LogP contribution in [0.15, 0.2) is 87.1 Å². The fourth-order valence-electron chi connectivity index (χ4n) is 2.42. The maximum absolute atomic E-state index is 12.5. The summed E-state index contributed by atoms with van der Waals surface area (Å²) in [6.07, 6.45) is 0. The van der Waals surface area contributed by atoms with E-state index in [0.717, 1.165) is 14.3 Å². The molecule has 0 fully saturated rings. The van der Waals surface area contributed by atoms with Gasteiger partial charge in [-0.15, -0.1) is 0 Å². The third-order valence-corrected chi connectivity index (χ3v) is 5.36. The summed E-state index contributed by atoms with van der Waals surface area (Å²) in [5.41, 5.74) is 1.03. The first kappa shape index (κ1) is 20.0. The average molecular weight is 454 g/mol. The number of benzene rings is 3. The summed E-state index contributed by atoms with van der Waals surface area (Å²) in [5, 5.41) is 9.26. The SMILES string of the molecule is N#Cc1ccccc1Sc1ccccc1C(=O)OCCOc1cccc(Br)c1. The summed E-state index contributed by atoms with van der Waals surface area (Å²) >= 11 is 4.75. The largest absolute Gasteiger partial charge is 0.490 e. The first-order valence-electron chi connectivity index (χ1n) is 8.49. The van der Waals surface area contributed by atoms with E-state index >= 15 is 0 Å². The molecule has 0 saturated heterocycles. The zero-order valence-corrected chi connectivity index (χ0v) is 17.2. The van der Waals surface area contributed by atoms with E-state index in [1.54, 1.807) is 18.2 Å². The van der Waals surface area contributed by atoms with Gasteiger partial charge in [-0.05, 0) is 42.5 Å². The number of esters is 1. The second kappa shape index (κ2) is 9.98. The van der Waals surface area contributed by atoms with Gasteiger partial charge in [-0.3, -0.25) is 0 Å². The lowest BCUT2D eigenvalue weighted by Gasteiger charge is -2.11. The van der Waals surface area contributed by atoms with Gasteiger partial charge in [0.2, 0.25) is 0 Å². The molecule has 3 aromatic rings. The molecule has 0 saturated carbocycles. The van der Waals surface area contributed by atoms with Crippen LogP contribution in [0.5, 0.6) is 5.75 Å². The van der Waals surface area contributed by atoms with E-state index in [4.69, 9.17) is 9.47 Å². The molecule has 0 atom stereocenters. The third-order valence-electron chi connectivity index (χ3n) is 3.72. The highest BCUT2D eigenvalue weighted by Gasteiger charge is 2.14. The summed E-state index contributed by atoms with van der Waals surface area (Å²) < 4.78 is 11.9. The smallest absolute Gasteiger partial charge is 0.339 e. The van der Waals surface area contributed by atoms with Crippen LogP contribution in [-0.2, 0) is 4.74 Å². The fourth-order valence-corrected chi connectivity index (χ4v) is 3.81. The molecular weight excluding hydrogens is 438 g/mol. The second-order valence-electron chi connectivity index (χ2n) is 5.65. The van der Waals surface area contributed by atoms with Crippen LogP contribution in [0.1, 0.15) is 15.9 Å². The lowest BCUT2D eigenvalue weighted by molar-refractivity contribution is 0.0446. The van der Waals surface area contributed by atoms with Gasteiger partial charge in [0, 0.05) is 14.3 Å². The molecule has 3 rings (SSSR count).